The molecule has 164 valence electrons. The summed E-state index contributed by atoms with van der Waals surface area (Å²) >= 11 is 0. The molecule has 1 saturated carbocycles. The number of hydrogen-bond donors (Lipinski definition) is 2. The Bertz CT molecular complexity index is 1250. The normalized spacial score (nSPS) is 14.3. The van der Waals surface area contributed by atoms with E-state index in [1.165, 1.54) is 35.9 Å². The first-order valence-electron chi connectivity index (χ1n) is 11.0. The van der Waals surface area contributed by atoms with Gasteiger partial charge in [-0.2, -0.15) is 15.4 Å². The summed E-state index contributed by atoms with van der Waals surface area (Å²) in [6.45, 7) is 5.55. The van der Waals surface area contributed by atoms with Crippen LogP contribution in [0.1, 0.15) is 46.1 Å². The number of aromatic nitrogens is 4. The molecule has 1 aliphatic rings. The maximum Gasteiger partial charge on any atom is 0.412 e. The average molecular weight is 430 g/mol. The minimum atomic E-state index is -0.529. The number of nitrogens with one attached hydrogen (secondary N) is 2. The van der Waals surface area contributed by atoms with Gasteiger partial charge < -0.3 is 9.30 Å². The first-order chi connectivity index (χ1) is 15.4. The van der Waals surface area contributed by atoms with Gasteiger partial charge in [-0.25, -0.2) is 4.79 Å². The second-order valence-corrected chi connectivity index (χ2v) is 9.32. The van der Waals surface area contributed by atoms with E-state index in [1.807, 2.05) is 32.9 Å². The monoisotopic (exact) mass is 429 g/mol. The number of ether oxygens (including phenoxy) is 1. The highest BCUT2D eigenvalue weighted by atomic mass is 16.6. The van der Waals surface area contributed by atoms with E-state index in [1.54, 1.807) is 6.20 Å². The molecule has 0 atom stereocenters. The molecule has 5 rings (SSSR count). The van der Waals surface area contributed by atoms with E-state index in [0.29, 0.717) is 11.7 Å². The Morgan fingerprint density at radius 2 is 1.84 bits per heavy atom. The van der Waals surface area contributed by atoms with E-state index in [-0.39, 0.29) is 0 Å². The summed E-state index contributed by atoms with van der Waals surface area (Å²) in [5.74, 6) is 0. The highest BCUT2D eigenvalue weighted by Crippen LogP contribution is 2.41. The molecule has 0 radical (unpaired) electrons. The summed E-state index contributed by atoms with van der Waals surface area (Å²) in [4.78, 5) is 12.1. The molecule has 2 aromatic carbocycles. The number of rotatable bonds is 4. The molecule has 1 amide bonds. The SMILES string of the molecule is CC(C)(C)OC(=O)Nc1ccc(-c2cc3ccc(-c4cn[nH]n4)cc3n2C2CCC2)cc1. The molecular formula is C25H27N5O2. The summed E-state index contributed by atoms with van der Waals surface area (Å²) in [6, 6.07) is 17.1. The Morgan fingerprint density at radius 1 is 1.09 bits per heavy atom. The van der Waals surface area contributed by atoms with Gasteiger partial charge in [0.1, 0.15) is 11.3 Å². The average Bonchev–Trinajstić information content (AvgIpc) is 3.34. The van der Waals surface area contributed by atoms with Crippen molar-refractivity contribution in [3.63, 3.8) is 0 Å². The lowest BCUT2D eigenvalue weighted by Crippen LogP contribution is -2.27. The number of amides is 1. The van der Waals surface area contributed by atoms with Crippen molar-refractivity contribution in [2.75, 3.05) is 5.32 Å². The molecule has 2 aromatic heterocycles. The van der Waals surface area contributed by atoms with Gasteiger partial charge >= 0.3 is 6.09 Å². The zero-order valence-corrected chi connectivity index (χ0v) is 18.6. The van der Waals surface area contributed by atoms with Crippen LogP contribution in [-0.4, -0.2) is 31.7 Å². The molecule has 0 saturated heterocycles. The molecule has 1 aliphatic carbocycles. The van der Waals surface area contributed by atoms with Gasteiger partial charge in [-0.05, 0) is 69.9 Å². The van der Waals surface area contributed by atoms with Crippen molar-refractivity contribution in [1.29, 1.82) is 0 Å². The molecule has 7 nitrogen and oxygen atoms in total. The predicted octanol–water partition coefficient (Wildman–Crippen LogP) is 6.17. The van der Waals surface area contributed by atoms with Gasteiger partial charge in [0.15, 0.2) is 0 Å². The number of nitrogens with zero attached hydrogens (tertiary/aromatic N) is 3. The van der Waals surface area contributed by atoms with Crippen LogP contribution in [0.15, 0.2) is 54.7 Å². The summed E-state index contributed by atoms with van der Waals surface area (Å²) in [5.41, 5.74) is 5.58. The first kappa shape index (κ1) is 20.3. The standard InChI is InChI=1S/C25H27N5O2/c1-25(2,3)32-24(31)27-19-11-9-16(10-12-19)22-14-18-8-7-17(21-15-26-29-28-21)13-23(18)30(22)20-5-4-6-20/h7-15,20H,4-6H2,1-3H3,(H,27,31)(H,26,28,29). The number of benzene rings is 2. The Morgan fingerprint density at radius 3 is 2.47 bits per heavy atom. The second-order valence-electron chi connectivity index (χ2n) is 9.32. The van der Waals surface area contributed by atoms with Crippen LogP contribution in [0.5, 0.6) is 0 Å². The Hall–Kier alpha value is -3.61. The van der Waals surface area contributed by atoms with Crippen LogP contribution in [0.3, 0.4) is 0 Å². The third kappa shape index (κ3) is 3.98. The van der Waals surface area contributed by atoms with Crippen LogP contribution in [0.2, 0.25) is 0 Å². The first-order valence-corrected chi connectivity index (χ1v) is 11.0. The van der Waals surface area contributed by atoms with Crippen molar-refractivity contribution in [3.8, 4) is 22.5 Å². The molecule has 0 aliphatic heterocycles. The molecular weight excluding hydrogens is 402 g/mol. The van der Waals surface area contributed by atoms with Crippen LogP contribution in [0.25, 0.3) is 33.4 Å². The lowest BCUT2D eigenvalue weighted by atomic mass is 9.92. The largest absolute Gasteiger partial charge is 0.444 e. The molecule has 2 N–H and O–H groups in total. The van der Waals surface area contributed by atoms with E-state index >= 15 is 0 Å². The van der Waals surface area contributed by atoms with Crippen molar-refractivity contribution in [1.82, 2.24) is 20.0 Å². The van der Waals surface area contributed by atoms with Gasteiger partial charge in [-0.15, -0.1) is 0 Å². The van der Waals surface area contributed by atoms with Gasteiger partial charge in [-0.3, -0.25) is 5.32 Å². The van der Waals surface area contributed by atoms with Crippen molar-refractivity contribution < 1.29 is 9.53 Å². The number of carbonyl (C=O) groups excluding carboxylic acids is 1. The van der Waals surface area contributed by atoms with E-state index in [2.05, 4.69) is 61.7 Å². The van der Waals surface area contributed by atoms with Crippen LogP contribution in [-0.2, 0) is 4.74 Å². The number of carbonyl (C=O) groups is 1. The Kier molecular flexibility index (Phi) is 4.96. The molecule has 32 heavy (non-hydrogen) atoms. The van der Waals surface area contributed by atoms with Crippen molar-refractivity contribution in [2.45, 2.75) is 51.7 Å². The van der Waals surface area contributed by atoms with Gasteiger partial charge in [-0.1, -0.05) is 24.3 Å². The van der Waals surface area contributed by atoms with Crippen molar-refractivity contribution in [3.05, 3.63) is 54.7 Å². The van der Waals surface area contributed by atoms with Crippen LogP contribution < -0.4 is 5.32 Å². The minimum Gasteiger partial charge on any atom is -0.444 e. The van der Waals surface area contributed by atoms with E-state index in [9.17, 15) is 4.79 Å². The predicted molar refractivity (Wildman–Crippen MR) is 125 cm³/mol. The van der Waals surface area contributed by atoms with E-state index in [4.69, 9.17) is 4.74 Å². The number of hydrogen-bond acceptors (Lipinski definition) is 4. The molecule has 0 bridgehead atoms. The molecule has 2 heterocycles. The van der Waals surface area contributed by atoms with Crippen LogP contribution in [0.4, 0.5) is 10.5 Å². The summed E-state index contributed by atoms with van der Waals surface area (Å²) in [7, 11) is 0. The van der Waals surface area contributed by atoms with E-state index < -0.39 is 11.7 Å². The Balaban J connectivity index is 1.49. The third-order valence-electron chi connectivity index (χ3n) is 5.82. The minimum absolute atomic E-state index is 0.450. The lowest BCUT2D eigenvalue weighted by Gasteiger charge is -2.30. The molecule has 1 fully saturated rings. The summed E-state index contributed by atoms with van der Waals surface area (Å²) < 4.78 is 7.80. The third-order valence-corrected chi connectivity index (χ3v) is 5.82. The molecule has 7 heteroatoms. The van der Waals surface area contributed by atoms with Gasteiger partial charge in [0.25, 0.3) is 0 Å². The second kappa shape index (κ2) is 7.82. The van der Waals surface area contributed by atoms with Crippen LogP contribution >= 0.6 is 0 Å². The van der Waals surface area contributed by atoms with Gasteiger partial charge in [0.2, 0.25) is 0 Å². The number of H-pyrrole nitrogens is 1. The smallest absolute Gasteiger partial charge is 0.412 e. The fraction of sp³-hybridized carbons (Fsp3) is 0.320. The van der Waals surface area contributed by atoms with Gasteiger partial charge in [0.05, 0.1) is 6.20 Å². The maximum atomic E-state index is 12.1. The Labute approximate surface area is 186 Å². The topological polar surface area (TPSA) is 84.8 Å². The summed E-state index contributed by atoms with van der Waals surface area (Å²) in [5, 5.41) is 14.9. The zero-order chi connectivity index (χ0) is 22.3. The van der Waals surface area contributed by atoms with Gasteiger partial charge in [0, 0.05) is 33.9 Å². The molecule has 4 aromatic rings. The highest BCUT2D eigenvalue weighted by Gasteiger charge is 2.24. The zero-order valence-electron chi connectivity index (χ0n) is 18.6. The maximum absolute atomic E-state index is 12.1. The fourth-order valence-electron chi connectivity index (χ4n) is 4.13. The number of anilines is 1. The molecule has 0 spiro atoms. The number of aromatic amines is 1. The van der Waals surface area contributed by atoms with Crippen LogP contribution in [0, 0.1) is 0 Å². The summed E-state index contributed by atoms with van der Waals surface area (Å²) in [6.07, 6.45) is 4.92. The quantitative estimate of drug-likeness (QED) is 0.406. The number of fused-ring (bicyclic) bond motifs is 1. The van der Waals surface area contributed by atoms with Crippen molar-refractivity contribution in [2.24, 2.45) is 0 Å². The van der Waals surface area contributed by atoms with E-state index in [0.717, 1.165) is 16.8 Å². The fourth-order valence-corrected chi connectivity index (χ4v) is 4.13. The highest BCUT2D eigenvalue weighted by molar-refractivity contribution is 5.91. The molecule has 0 unspecified atom stereocenters. The van der Waals surface area contributed by atoms with Crippen molar-refractivity contribution >= 4 is 22.7 Å². The lowest BCUT2D eigenvalue weighted by molar-refractivity contribution is 0.0636.